The van der Waals surface area contributed by atoms with Crippen LogP contribution in [0.25, 0.3) is 17.0 Å². The summed E-state index contributed by atoms with van der Waals surface area (Å²) in [6.45, 7) is 0.316. The van der Waals surface area contributed by atoms with Gasteiger partial charge in [-0.25, -0.2) is 9.50 Å². The first kappa shape index (κ1) is 20.1. The highest BCUT2D eigenvalue weighted by atomic mass is 19.4. The molecule has 0 aliphatic carbocycles. The fraction of sp³-hybridized carbons (Fsp3) is 0.200. The minimum Gasteiger partial charge on any atom is -0.412 e. The molecular formula is C20H14F3N9O2. The van der Waals surface area contributed by atoms with Crippen LogP contribution < -0.4 is 0 Å². The van der Waals surface area contributed by atoms with E-state index in [0.29, 0.717) is 30.6 Å². The molecule has 0 fully saturated rings. The fourth-order valence-corrected chi connectivity index (χ4v) is 4.01. The van der Waals surface area contributed by atoms with Gasteiger partial charge in [-0.2, -0.15) is 14.9 Å². The molecular weight excluding hydrogens is 455 g/mol. The van der Waals surface area contributed by atoms with Crippen molar-refractivity contribution in [2.45, 2.75) is 18.8 Å². The predicted molar refractivity (Wildman–Crippen MR) is 107 cm³/mol. The second-order valence-corrected chi connectivity index (χ2v) is 7.61. The van der Waals surface area contributed by atoms with Gasteiger partial charge in [-0.3, -0.25) is 4.79 Å². The van der Waals surface area contributed by atoms with Crippen LogP contribution in [0.2, 0.25) is 0 Å². The van der Waals surface area contributed by atoms with Gasteiger partial charge in [0, 0.05) is 31.1 Å². The van der Waals surface area contributed by atoms with Crippen LogP contribution in [0, 0.1) is 0 Å². The summed E-state index contributed by atoms with van der Waals surface area (Å²) in [6, 6.07) is 6.85. The molecule has 6 rings (SSSR count). The Kier molecular flexibility index (Phi) is 4.30. The van der Waals surface area contributed by atoms with Crippen LogP contribution >= 0.6 is 0 Å². The van der Waals surface area contributed by atoms with Gasteiger partial charge in [0.05, 0.1) is 35.0 Å². The van der Waals surface area contributed by atoms with Crippen molar-refractivity contribution < 1.29 is 22.4 Å². The van der Waals surface area contributed by atoms with Crippen molar-refractivity contribution in [3.63, 3.8) is 0 Å². The summed E-state index contributed by atoms with van der Waals surface area (Å²) in [7, 11) is 0. The third-order valence-corrected chi connectivity index (χ3v) is 5.55. The number of rotatable bonds is 3. The van der Waals surface area contributed by atoms with Crippen molar-refractivity contribution in [2.75, 3.05) is 6.54 Å². The number of hydrogen-bond donors (Lipinski definition) is 1. The molecule has 1 N–H and O–H groups in total. The number of halogens is 3. The van der Waals surface area contributed by atoms with E-state index in [1.807, 2.05) is 24.3 Å². The maximum absolute atomic E-state index is 13.4. The highest BCUT2D eigenvalue weighted by molar-refractivity contribution is 5.90. The first-order chi connectivity index (χ1) is 16.4. The number of fused-ring (bicyclic) bond motifs is 2. The number of nitrogens with zero attached hydrogens (tertiary/aromatic N) is 8. The van der Waals surface area contributed by atoms with E-state index in [2.05, 4.69) is 30.4 Å². The Balaban J connectivity index is 1.35. The third kappa shape index (κ3) is 3.22. The Morgan fingerprint density at radius 1 is 1.24 bits per heavy atom. The highest BCUT2D eigenvalue weighted by Crippen LogP contribution is 2.34. The average molecular weight is 469 g/mol. The summed E-state index contributed by atoms with van der Waals surface area (Å²) in [5.41, 5.74) is 2.91. The van der Waals surface area contributed by atoms with Gasteiger partial charge in [0.1, 0.15) is 6.04 Å². The summed E-state index contributed by atoms with van der Waals surface area (Å²) >= 11 is 0. The van der Waals surface area contributed by atoms with E-state index in [9.17, 15) is 18.0 Å². The van der Waals surface area contributed by atoms with Crippen LogP contribution in [0.15, 0.2) is 53.6 Å². The van der Waals surface area contributed by atoms with Gasteiger partial charge in [-0.15, -0.1) is 23.4 Å². The molecule has 1 aliphatic heterocycles. The van der Waals surface area contributed by atoms with Crippen molar-refractivity contribution in [1.29, 1.82) is 0 Å². The van der Waals surface area contributed by atoms with E-state index in [0.717, 1.165) is 17.4 Å². The van der Waals surface area contributed by atoms with Crippen LogP contribution in [0.4, 0.5) is 13.2 Å². The van der Waals surface area contributed by atoms with Gasteiger partial charge >= 0.3 is 18.1 Å². The van der Waals surface area contributed by atoms with E-state index in [-0.39, 0.29) is 22.0 Å². The lowest BCUT2D eigenvalue weighted by Gasteiger charge is -2.32. The average Bonchev–Trinajstić information content (AvgIpc) is 3.61. The zero-order chi connectivity index (χ0) is 23.4. The Hall–Kier alpha value is -4.49. The van der Waals surface area contributed by atoms with Crippen molar-refractivity contribution in [1.82, 2.24) is 44.5 Å². The standard InChI is InChI=1S/C20H14F3N9O2/c21-20(22,23)32-9-11(8-26-32)17-27-28-18(34-17)19(33)30-6-4-13-15(25-10-24-13)16(30)14-7-12-3-1-2-5-31(12)29-14/h1-3,5,7-10,16H,4,6H2,(H,24,25). The fourth-order valence-electron chi connectivity index (χ4n) is 4.01. The lowest BCUT2D eigenvalue weighted by atomic mass is 9.99. The predicted octanol–water partition coefficient (Wildman–Crippen LogP) is 2.57. The van der Waals surface area contributed by atoms with E-state index in [1.165, 1.54) is 4.90 Å². The summed E-state index contributed by atoms with van der Waals surface area (Å²) in [4.78, 5) is 22.4. The van der Waals surface area contributed by atoms with E-state index in [1.54, 1.807) is 17.0 Å². The maximum Gasteiger partial charge on any atom is 0.504 e. The summed E-state index contributed by atoms with van der Waals surface area (Å²) < 4.78 is 45.4. The van der Waals surface area contributed by atoms with Gasteiger partial charge in [-0.05, 0) is 18.2 Å². The molecule has 14 heteroatoms. The second kappa shape index (κ2) is 7.26. The molecule has 0 aromatic carbocycles. The second-order valence-electron chi connectivity index (χ2n) is 7.61. The summed E-state index contributed by atoms with van der Waals surface area (Å²) in [6.07, 6.45) is 0.830. The van der Waals surface area contributed by atoms with Crippen molar-refractivity contribution >= 4 is 11.4 Å². The molecule has 0 saturated heterocycles. The van der Waals surface area contributed by atoms with Crippen LogP contribution in [0.1, 0.15) is 33.8 Å². The molecule has 1 amide bonds. The van der Waals surface area contributed by atoms with Crippen LogP contribution in [-0.2, 0) is 12.7 Å². The molecule has 34 heavy (non-hydrogen) atoms. The molecule has 6 heterocycles. The number of pyridine rings is 1. The molecule has 5 aromatic rings. The lowest BCUT2D eigenvalue weighted by molar-refractivity contribution is -0.212. The topological polar surface area (TPSA) is 123 Å². The molecule has 5 aromatic heterocycles. The van der Waals surface area contributed by atoms with Gasteiger partial charge in [0.2, 0.25) is 0 Å². The molecule has 0 radical (unpaired) electrons. The smallest absolute Gasteiger partial charge is 0.412 e. The van der Waals surface area contributed by atoms with E-state index >= 15 is 0 Å². The number of carbonyl (C=O) groups excluding carboxylic acids is 1. The van der Waals surface area contributed by atoms with Crippen molar-refractivity contribution in [3.8, 4) is 11.5 Å². The Morgan fingerprint density at radius 2 is 2.12 bits per heavy atom. The SMILES string of the molecule is O=C(c1nnc(-c2cnn(C(F)(F)F)c2)o1)N1CCc2[nH]cnc2C1c1cc2ccccn2n1. The van der Waals surface area contributed by atoms with Gasteiger partial charge in [0.15, 0.2) is 0 Å². The number of imidazole rings is 1. The Labute approximate surface area is 187 Å². The number of hydrogen-bond acceptors (Lipinski definition) is 7. The number of amides is 1. The number of nitrogens with one attached hydrogen (secondary N) is 1. The van der Waals surface area contributed by atoms with Crippen LogP contribution in [0.3, 0.4) is 0 Å². The Bertz CT molecular complexity index is 1480. The van der Waals surface area contributed by atoms with Gasteiger partial charge < -0.3 is 14.3 Å². The quantitative estimate of drug-likeness (QED) is 0.431. The van der Waals surface area contributed by atoms with Gasteiger partial charge in [0.25, 0.3) is 5.89 Å². The van der Waals surface area contributed by atoms with E-state index in [4.69, 9.17) is 4.42 Å². The van der Waals surface area contributed by atoms with Crippen LogP contribution in [-0.4, -0.2) is 56.9 Å². The first-order valence-electron chi connectivity index (χ1n) is 10.1. The number of alkyl halides is 3. The number of aromatic amines is 1. The molecule has 1 atom stereocenters. The minimum absolute atomic E-state index is 0.0611. The number of H-pyrrole nitrogens is 1. The minimum atomic E-state index is -4.69. The van der Waals surface area contributed by atoms with E-state index < -0.39 is 18.2 Å². The number of carbonyl (C=O) groups is 1. The summed E-state index contributed by atoms with van der Waals surface area (Å²) in [5.74, 6) is -1.19. The Morgan fingerprint density at radius 3 is 2.91 bits per heavy atom. The van der Waals surface area contributed by atoms with Gasteiger partial charge in [-0.1, -0.05) is 6.07 Å². The maximum atomic E-state index is 13.4. The number of aromatic nitrogens is 8. The third-order valence-electron chi connectivity index (χ3n) is 5.55. The normalized spacial score (nSPS) is 16.2. The molecule has 0 saturated carbocycles. The molecule has 0 spiro atoms. The molecule has 1 aliphatic rings. The zero-order valence-electron chi connectivity index (χ0n) is 17.1. The van der Waals surface area contributed by atoms with Crippen molar-refractivity contribution in [3.05, 3.63) is 72.2 Å². The zero-order valence-corrected chi connectivity index (χ0v) is 17.1. The monoisotopic (exact) mass is 469 g/mol. The lowest BCUT2D eigenvalue weighted by Crippen LogP contribution is -2.41. The molecule has 172 valence electrons. The molecule has 1 unspecified atom stereocenters. The highest BCUT2D eigenvalue weighted by Gasteiger charge is 2.38. The first-order valence-corrected chi connectivity index (χ1v) is 10.1. The largest absolute Gasteiger partial charge is 0.504 e. The van der Waals surface area contributed by atoms with Crippen molar-refractivity contribution in [2.24, 2.45) is 0 Å². The molecule has 0 bridgehead atoms. The van der Waals surface area contributed by atoms with Crippen LogP contribution in [0.5, 0.6) is 0 Å². The molecule has 11 nitrogen and oxygen atoms in total. The summed E-state index contributed by atoms with van der Waals surface area (Å²) in [5, 5.41) is 15.4.